The van der Waals surface area contributed by atoms with Crippen LogP contribution >= 0.6 is 23.2 Å². The molecule has 172 valence electrons. The average molecular weight is 474 g/mol. The number of hydrogen-bond donors (Lipinski definition) is 0. The molecule has 1 unspecified atom stereocenters. The molecule has 2 saturated heterocycles. The zero-order valence-corrected chi connectivity index (χ0v) is 20.4. The fourth-order valence-corrected chi connectivity index (χ4v) is 5.62. The van der Waals surface area contributed by atoms with Gasteiger partial charge in [0.2, 0.25) is 5.91 Å². The molecule has 2 fully saturated rings. The third-order valence-electron chi connectivity index (χ3n) is 7.18. The standard InChI is InChI=1S/C26H33Cl2N3O/c1-21(32)31-14-6-12-26(20-31,22-9-10-24(27)25(28)19-22)11-5-13-29-15-17-30(18-16-29)23-7-3-2-4-8-23/h2-4,7-10,19H,5-6,11-18,20H2,1H3. The van der Waals surface area contributed by atoms with E-state index in [0.29, 0.717) is 10.0 Å². The largest absolute Gasteiger partial charge is 0.369 e. The molecule has 1 atom stereocenters. The van der Waals surface area contributed by atoms with Crippen LogP contribution in [0.5, 0.6) is 0 Å². The maximum atomic E-state index is 12.2. The lowest BCUT2D eigenvalue weighted by Gasteiger charge is -2.44. The Labute approximate surface area is 202 Å². The van der Waals surface area contributed by atoms with Crippen LogP contribution in [0.25, 0.3) is 0 Å². The van der Waals surface area contributed by atoms with Crippen LogP contribution in [-0.4, -0.2) is 61.5 Å². The van der Waals surface area contributed by atoms with E-state index in [2.05, 4.69) is 46.2 Å². The smallest absolute Gasteiger partial charge is 0.219 e. The maximum absolute atomic E-state index is 12.2. The van der Waals surface area contributed by atoms with E-state index in [1.165, 1.54) is 11.3 Å². The van der Waals surface area contributed by atoms with Crippen LogP contribution in [0.15, 0.2) is 48.5 Å². The number of piperidine rings is 1. The van der Waals surface area contributed by atoms with Gasteiger partial charge in [-0.2, -0.15) is 0 Å². The third kappa shape index (κ3) is 5.41. The predicted octanol–water partition coefficient (Wildman–Crippen LogP) is 5.48. The minimum absolute atomic E-state index is 0.0516. The quantitative estimate of drug-likeness (QED) is 0.555. The Morgan fingerprint density at radius 3 is 2.41 bits per heavy atom. The Morgan fingerprint density at radius 1 is 0.969 bits per heavy atom. The minimum Gasteiger partial charge on any atom is -0.369 e. The average Bonchev–Trinajstić information content (AvgIpc) is 2.82. The normalized spacial score (nSPS) is 22.2. The molecule has 2 aliphatic rings. The Bertz CT molecular complexity index is 915. The van der Waals surface area contributed by atoms with Gasteiger partial charge in [0.1, 0.15) is 0 Å². The molecule has 0 aromatic heterocycles. The predicted molar refractivity (Wildman–Crippen MR) is 134 cm³/mol. The molecular formula is C26H33Cl2N3O. The molecule has 1 amide bonds. The van der Waals surface area contributed by atoms with Gasteiger partial charge in [0.25, 0.3) is 0 Å². The Kier molecular flexibility index (Phi) is 7.65. The molecule has 0 bridgehead atoms. The van der Waals surface area contributed by atoms with Crippen molar-refractivity contribution in [1.82, 2.24) is 9.80 Å². The first-order chi connectivity index (χ1) is 15.5. The van der Waals surface area contributed by atoms with Crippen molar-refractivity contribution in [3.8, 4) is 0 Å². The van der Waals surface area contributed by atoms with Crippen LogP contribution in [0.4, 0.5) is 5.69 Å². The van der Waals surface area contributed by atoms with Gasteiger partial charge >= 0.3 is 0 Å². The zero-order valence-electron chi connectivity index (χ0n) is 18.9. The number of carbonyl (C=O) groups is 1. The first kappa shape index (κ1) is 23.4. The van der Waals surface area contributed by atoms with Gasteiger partial charge in [-0.1, -0.05) is 47.5 Å². The molecule has 32 heavy (non-hydrogen) atoms. The summed E-state index contributed by atoms with van der Waals surface area (Å²) >= 11 is 12.6. The van der Waals surface area contributed by atoms with E-state index >= 15 is 0 Å². The van der Waals surface area contributed by atoms with Crippen molar-refractivity contribution in [2.24, 2.45) is 0 Å². The van der Waals surface area contributed by atoms with Crippen LogP contribution in [0.2, 0.25) is 10.0 Å². The highest BCUT2D eigenvalue weighted by molar-refractivity contribution is 6.42. The monoisotopic (exact) mass is 473 g/mol. The zero-order chi connectivity index (χ0) is 22.6. The molecule has 2 aromatic rings. The summed E-state index contributed by atoms with van der Waals surface area (Å²) in [6.45, 7) is 8.70. The first-order valence-corrected chi connectivity index (χ1v) is 12.5. The summed E-state index contributed by atoms with van der Waals surface area (Å²) in [6.07, 6.45) is 4.26. The molecule has 0 saturated carbocycles. The van der Waals surface area contributed by atoms with E-state index in [1.807, 2.05) is 17.0 Å². The van der Waals surface area contributed by atoms with Gasteiger partial charge in [-0.3, -0.25) is 9.69 Å². The van der Waals surface area contributed by atoms with Gasteiger partial charge in [-0.05, 0) is 62.1 Å². The number of rotatable bonds is 6. The number of likely N-dealkylation sites (tertiary alicyclic amines) is 1. The second-order valence-corrected chi connectivity index (χ2v) is 10.0. The van der Waals surface area contributed by atoms with Gasteiger partial charge in [0, 0.05) is 57.3 Å². The third-order valence-corrected chi connectivity index (χ3v) is 7.92. The second kappa shape index (κ2) is 10.5. The van der Waals surface area contributed by atoms with Crippen molar-refractivity contribution in [3.63, 3.8) is 0 Å². The molecule has 0 aliphatic carbocycles. The van der Waals surface area contributed by atoms with Crippen LogP contribution in [-0.2, 0) is 10.2 Å². The van der Waals surface area contributed by atoms with Crippen LogP contribution in [0.3, 0.4) is 0 Å². The molecule has 4 nitrogen and oxygen atoms in total. The van der Waals surface area contributed by atoms with Gasteiger partial charge in [-0.15, -0.1) is 0 Å². The van der Waals surface area contributed by atoms with Crippen molar-refractivity contribution < 1.29 is 4.79 Å². The summed E-state index contributed by atoms with van der Waals surface area (Å²) in [5.41, 5.74) is 2.48. The lowest BCUT2D eigenvalue weighted by Crippen LogP contribution is -2.49. The molecule has 2 aliphatic heterocycles. The fourth-order valence-electron chi connectivity index (χ4n) is 5.32. The van der Waals surface area contributed by atoms with Gasteiger partial charge < -0.3 is 9.80 Å². The van der Waals surface area contributed by atoms with Crippen molar-refractivity contribution in [3.05, 3.63) is 64.1 Å². The lowest BCUT2D eigenvalue weighted by molar-refractivity contribution is -0.131. The molecule has 2 aromatic carbocycles. The number of piperazine rings is 1. The summed E-state index contributed by atoms with van der Waals surface area (Å²) in [7, 11) is 0. The Morgan fingerprint density at radius 2 is 1.72 bits per heavy atom. The number of benzene rings is 2. The summed E-state index contributed by atoms with van der Waals surface area (Å²) in [5.74, 6) is 0.158. The maximum Gasteiger partial charge on any atom is 0.219 e. The van der Waals surface area contributed by atoms with E-state index in [4.69, 9.17) is 23.2 Å². The van der Waals surface area contributed by atoms with E-state index in [0.717, 1.165) is 71.5 Å². The number of para-hydroxylation sites is 1. The number of anilines is 1. The van der Waals surface area contributed by atoms with Gasteiger partial charge in [-0.25, -0.2) is 0 Å². The van der Waals surface area contributed by atoms with Crippen molar-refractivity contribution in [2.75, 3.05) is 50.7 Å². The van der Waals surface area contributed by atoms with Gasteiger partial charge in [0.05, 0.1) is 10.0 Å². The lowest BCUT2D eigenvalue weighted by atomic mass is 9.71. The topological polar surface area (TPSA) is 26.8 Å². The van der Waals surface area contributed by atoms with Crippen molar-refractivity contribution >= 4 is 34.8 Å². The Balaban J connectivity index is 1.39. The Hall–Kier alpha value is -1.75. The highest BCUT2D eigenvalue weighted by Crippen LogP contribution is 2.40. The van der Waals surface area contributed by atoms with E-state index in [9.17, 15) is 4.79 Å². The number of carbonyl (C=O) groups excluding carboxylic acids is 1. The highest BCUT2D eigenvalue weighted by atomic mass is 35.5. The molecule has 6 heteroatoms. The first-order valence-electron chi connectivity index (χ1n) is 11.7. The van der Waals surface area contributed by atoms with E-state index in [1.54, 1.807) is 6.92 Å². The molecule has 0 radical (unpaired) electrons. The molecule has 4 rings (SSSR count). The molecule has 0 N–H and O–H groups in total. The van der Waals surface area contributed by atoms with E-state index < -0.39 is 0 Å². The summed E-state index contributed by atoms with van der Waals surface area (Å²) in [6, 6.07) is 16.7. The van der Waals surface area contributed by atoms with Crippen LogP contribution < -0.4 is 4.90 Å². The number of amides is 1. The van der Waals surface area contributed by atoms with Gasteiger partial charge in [0.15, 0.2) is 0 Å². The van der Waals surface area contributed by atoms with Crippen molar-refractivity contribution in [1.29, 1.82) is 0 Å². The summed E-state index contributed by atoms with van der Waals surface area (Å²) in [5, 5.41) is 1.18. The number of halogens is 2. The second-order valence-electron chi connectivity index (χ2n) is 9.22. The summed E-state index contributed by atoms with van der Waals surface area (Å²) in [4.78, 5) is 19.2. The van der Waals surface area contributed by atoms with Crippen LogP contribution in [0, 0.1) is 0 Å². The molecule has 2 heterocycles. The minimum atomic E-state index is -0.0516. The summed E-state index contributed by atoms with van der Waals surface area (Å²) < 4.78 is 0. The van der Waals surface area contributed by atoms with E-state index in [-0.39, 0.29) is 11.3 Å². The molecule has 0 spiro atoms. The fraction of sp³-hybridized carbons (Fsp3) is 0.500. The van der Waals surface area contributed by atoms with Crippen LogP contribution in [0.1, 0.15) is 38.2 Å². The number of hydrogen-bond acceptors (Lipinski definition) is 3. The SMILES string of the molecule is CC(=O)N1CCCC(CCCN2CCN(c3ccccc3)CC2)(c2ccc(Cl)c(Cl)c2)C1. The molecular weight excluding hydrogens is 441 g/mol. The van der Waals surface area contributed by atoms with Crippen molar-refractivity contribution in [2.45, 2.75) is 38.0 Å². The number of nitrogens with zero attached hydrogens (tertiary/aromatic N) is 3. The highest BCUT2D eigenvalue weighted by Gasteiger charge is 2.38.